The van der Waals surface area contributed by atoms with Gasteiger partial charge in [0.25, 0.3) is 0 Å². The average molecular weight is 466 g/mol. The van der Waals surface area contributed by atoms with E-state index in [0.717, 1.165) is 63.4 Å². The van der Waals surface area contributed by atoms with Crippen LogP contribution in [0, 0.1) is 0 Å². The van der Waals surface area contributed by atoms with Gasteiger partial charge in [0.05, 0.1) is 0 Å². The van der Waals surface area contributed by atoms with E-state index >= 15 is 0 Å². The number of alkyl halides is 2. The maximum atomic E-state index is 9.96. The lowest BCUT2D eigenvalue weighted by atomic mass is 10.1. The number of ether oxygens (including phenoxy) is 2. The van der Waals surface area contributed by atoms with E-state index in [0.29, 0.717) is 0 Å². The Balaban J connectivity index is -0.000000497. The average Bonchev–Trinajstić information content (AvgIpc) is 2.73. The highest BCUT2D eigenvalue weighted by Gasteiger charge is 2.06. The third-order valence-electron chi connectivity index (χ3n) is 4.73. The maximum absolute atomic E-state index is 9.96. The molecule has 0 aromatic rings. The molecular formula is C24H48BCl2O3. The second-order valence-electron chi connectivity index (χ2n) is 7.41. The molecule has 3 nitrogen and oxygen atoms in total. The van der Waals surface area contributed by atoms with Crippen LogP contribution in [0.25, 0.3) is 0 Å². The van der Waals surface area contributed by atoms with Gasteiger partial charge in [0.1, 0.15) is 6.29 Å². The monoisotopic (exact) mass is 465 g/mol. The van der Waals surface area contributed by atoms with E-state index in [1.54, 1.807) is 0 Å². The summed E-state index contributed by atoms with van der Waals surface area (Å²) in [4.78, 5) is 9.96. The molecule has 179 valence electrons. The van der Waals surface area contributed by atoms with Crippen LogP contribution in [0.4, 0.5) is 0 Å². The Morgan fingerprint density at radius 2 is 1.00 bits per heavy atom. The van der Waals surface area contributed by atoms with E-state index in [1.807, 2.05) is 13.8 Å². The van der Waals surface area contributed by atoms with Crippen LogP contribution in [-0.4, -0.2) is 46.0 Å². The Morgan fingerprint density at radius 3 is 1.37 bits per heavy atom. The molecule has 0 aliphatic carbocycles. The molecule has 0 fully saturated rings. The lowest BCUT2D eigenvalue weighted by Gasteiger charge is -2.16. The lowest BCUT2D eigenvalue weighted by molar-refractivity contribution is -0.140. The minimum Gasteiger partial charge on any atom is -0.353 e. The predicted octanol–water partition coefficient (Wildman–Crippen LogP) is 7.91. The van der Waals surface area contributed by atoms with Crippen LogP contribution in [0.1, 0.15) is 117 Å². The Hall–Kier alpha value is 0.235. The largest absolute Gasteiger partial charge is 0.353 e. The normalized spacial score (nSPS) is 10.4. The molecule has 0 aromatic carbocycles. The highest BCUT2D eigenvalue weighted by molar-refractivity contribution is 6.18. The number of unbranched alkanes of at least 4 members (excludes halogenated alkanes) is 13. The fraction of sp³-hybridized carbons (Fsp3) is 0.958. The van der Waals surface area contributed by atoms with Crippen LogP contribution in [0.15, 0.2) is 0 Å². The molecule has 0 aromatic heterocycles. The smallest absolute Gasteiger partial charge is 0.157 e. The number of aldehydes is 1. The molecule has 0 saturated heterocycles. The zero-order valence-corrected chi connectivity index (χ0v) is 21.4. The molecule has 0 atom stereocenters. The van der Waals surface area contributed by atoms with Gasteiger partial charge >= 0.3 is 0 Å². The Labute approximate surface area is 199 Å². The van der Waals surface area contributed by atoms with Gasteiger partial charge in [-0.3, -0.25) is 0 Å². The van der Waals surface area contributed by atoms with Crippen molar-refractivity contribution in [3.05, 3.63) is 0 Å². The molecule has 0 N–H and O–H groups in total. The van der Waals surface area contributed by atoms with Crippen molar-refractivity contribution in [3.8, 4) is 0 Å². The number of hydrogen-bond donors (Lipinski definition) is 0. The van der Waals surface area contributed by atoms with Crippen LogP contribution < -0.4 is 0 Å². The van der Waals surface area contributed by atoms with Gasteiger partial charge in [-0.15, -0.1) is 23.2 Å². The Morgan fingerprint density at radius 1 is 0.633 bits per heavy atom. The summed E-state index contributed by atoms with van der Waals surface area (Å²) in [5.74, 6) is 1.61. The first kappa shape index (κ1) is 34.8. The van der Waals surface area contributed by atoms with Crippen molar-refractivity contribution in [3.63, 3.8) is 0 Å². The summed E-state index contributed by atoms with van der Waals surface area (Å²) < 4.78 is 11.0. The van der Waals surface area contributed by atoms with Crippen molar-refractivity contribution in [2.24, 2.45) is 0 Å². The van der Waals surface area contributed by atoms with Gasteiger partial charge in [0, 0.05) is 39.8 Å². The van der Waals surface area contributed by atoms with Crippen molar-refractivity contribution in [1.82, 2.24) is 0 Å². The van der Waals surface area contributed by atoms with E-state index in [2.05, 4.69) is 0 Å². The molecular weight excluding hydrogens is 418 g/mol. The molecule has 0 rings (SSSR count). The number of carbonyl (C=O) groups is 1. The molecule has 0 unspecified atom stereocenters. The molecule has 0 saturated carbocycles. The number of carbonyl (C=O) groups excluding carboxylic acids is 1. The third-order valence-corrected chi connectivity index (χ3v) is 5.27. The molecule has 0 bridgehead atoms. The molecule has 0 aliphatic heterocycles. The highest BCUT2D eigenvalue weighted by atomic mass is 35.5. The minimum absolute atomic E-state index is 0. The van der Waals surface area contributed by atoms with E-state index in [9.17, 15) is 4.79 Å². The fourth-order valence-electron chi connectivity index (χ4n) is 3.08. The summed E-state index contributed by atoms with van der Waals surface area (Å²) in [5.41, 5.74) is 0. The second kappa shape index (κ2) is 33.9. The number of halogens is 2. The number of hydrogen-bond acceptors (Lipinski definition) is 3. The fourth-order valence-corrected chi connectivity index (χ4v) is 3.46. The van der Waals surface area contributed by atoms with Gasteiger partial charge in [0.15, 0.2) is 6.29 Å². The van der Waals surface area contributed by atoms with Crippen LogP contribution in [-0.2, 0) is 14.3 Å². The molecule has 0 spiro atoms. The maximum Gasteiger partial charge on any atom is 0.157 e. The van der Waals surface area contributed by atoms with E-state index in [-0.39, 0.29) is 14.7 Å². The second-order valence-corrected chi connectivity index (χ2v) is 8.17. The van der Waals surface area contributed by atoms with Gasteiger partial charge in [-0.05, 0) is 46.0 Å². The van der Waals surface area contributed by atoms with Gasteiger partial charge < -0.3 is 14.3 Å². The SMILES string of the molecule is CCOC(CCCCCCCCCCl)OCC.O=CCCCCCCCCCCl.[B]. The lowest BCUT2D eigenvalue weighted by Crippen LogP contribution is -2.17. The molecule has 30 heavy (non-hydrogen) atoms. The van der Waals surface area contributed by atoms with Gasteiger partial charge in [-0.1, -0.05) is 64.2 Å². The molecule has 0 heterocycles. The Kier molecular flexibility index (Phi) is 39.3. The first-order valence-electron chi connectivity index (χ1n) is 12.0. The topological polar surface area (TPSA) is 35.5 Å². The van der Waals surface area contributed by atoms with Crippen LogP contribution >= 0.6 is 23.2 Å². The van der Waals surface area contributed by atoms with E-state index in [1.165, 1.54) is 70.6 Å². The van der Waals surface area contributed by atoms with Crippen molar-refractivity contribution < 1.29 is 14.3 Å². The summed E-state index contributed by atoms with van der Waals surface area (Å²) in [6, 6.07) is 0. The summed E-state index contributed by atoms with van der Waals surface area (Å²) in [6.45, 7) is 5.51. The van der Waals surface area contributed by atoms with Gasteiger partial charge in [-0.25, -0.2) is 0 Å². The van der Waals surface area contributed by atoms with E-state index < -0.39 is 0 Å². The number of rotatable bonds is 22. The third kappa shape index (κ3) is 32.9. The predicted molar refractivity (Wildman–Crippen MR) is 134 cm³/mol. The molecule has 0 amide bonds. The van der Waals surface area contributed by atoms with Gasteiger partial charge in [0.2, 0.25) is 0 Å². The van der Waals surface area contributed by atoms with Crippen LogP contribution in [0.5, 0.6) is 0 Å². The minimum atomic E-state index is 0. The van der Waals surface area contributed by atoms with Gasteiger partial charge in [-0.2, -0.15) is 0 Å². The van der Waals surface area contributed by atoms with Crippen LogP contribution in [0.3, 0.4) is 0 Å². The zero-order chi connectivity index (χ0) is 21.8. The van der Waals surface area contributed by atoms with Crippen molar-refractivity contribution in [2.45, 2.75) is 123 Å². The standard InChI is InChI=1S/C14H29ClO2.C10H19ClO.B/c1-3-16-14(17-4-2)12-10-8-6-5-7-9-11-13-15;11-9-7-5-3-1-2-4-6-8-10-12;/h14H,3-13H2,1-2H3;10H,1-9H2;. The van der Waals surface area contributed by atoms with Crippen molar-refractivity contribution >= 4 is 37.9 Å². The summed E-state index contributed by atoms with van der Waals surface area (Å²) in [5, 5.41) is 0. The summed E-state index contributed by atoms with van der Waals surface area (Å²) >= 11 is 11.2. The Bertz CT molecular complexity index is 292. The zero-order valence-electron chi connectivity index (χ0n) is 19.9. The van der Waals surface area contributed by atoms with Crippen LogP contribution in [0.2, 0.25) is 0 Å². The van der Waals surface area contributed by atoms with E-state index in [4.69, 9.17) is 32.7 Å². The first-order valence-corrected chi connectivity index (χ1v) is 13.1. The summed E-state index contributed by atoms with van der Waals surface area (Å²) in [6.07, 6.45) is 20.3. The molecule has 3 radical (unpaired) electrons. The quantitative estimate of drug-likeness (QED) is 0.0535. The molecule has 6 heteroatoms. The molecule has 0 aliphatic rings. The van der Waals surface area contributed by atoms with Crippen molar-refractivity contribution in [2.75, 3.05) is 25.0 Å². The first-order chi connectivity index (χ1) is 14.3. The van der Waals surface area contributed by atoms with Crippen molar-refractivity contribution in [1.29, 1.82) is 0 Å². The highest BCUT2D eigenvalue weighted by Crippen LogP contribution is 2.12. The summed E-state index contributed by atoms with van der Waals surface area (Å²) in [7, 11) is 0.